The predicted molar refractivity (Wildman–Crippen MR) is 110 cm³/mol. The summed E-state index contributed by atoms with van der Waals surface area (Å²) in [6, 6.07) is 0. The van der Waals surface area contributed by atoms with Gasteiger partial charge in [-0.15, -0.1) is 0 Å². The van der Waals surface area contributed by atoms with Crippen molar-refractivity contribution in [3.05, 3.63) is 106 Å². The smallest absolute Gasteiger partial charge is 0.194 e. The van der Waals surface area contributed by atoms with Crippen LogP contribution in [0.3, 0.4) is 0 Å². The van der Waals surface area contributed by atoms with Crippen LogP contribution in [0.5, 0.6) is 0 Å². The highest BCUT2D eigenvalue weighted by Gasteiger charge is 2.10. The number of hydrogen-bond donors (Lipinski definition) is 0. The van der Waals surface area contributed by atoms with E-state index in [2.05, 4.69) is 6.92 Å². The Labute approximate surface area is 165 Å². The van der Waals surface area contributed by atoms with Crippen LogP contribution in [0.1, 0.15) is 40.5 Å². The highest BCUT2D eigenvalue weighted by Crippen LogP contribution is 2.26. The van der Waals surface area contributed by atoms with E-state index < -0.39 is 23.3 Å². The Morgan fingerprint density at radius 3 is 2.21 bits per heavy atom. The summed E-state index contributed by atoms with van der Waals surface area (Å²) in [5.41, 5.74) is 2.90. The molecule has 4 heteroatoms. The molecule has 0 atom stereocenters. The van der Waals surface area contributed by atoms with Crippen LogP contribution >= 0.6 is 0 Å². The van der Waals surface area contributed by atoms with Gasteiger partial charge in [0.1, 0.15) is 5.83 Å². The Morgan fingerprint density at radius 1 is 0.929 bits per heavy atom. The van der Waals surface area contributed by atoms with E-state index in [4.69, 9.17) is 0 Å². The molecule has 0 aromatic carbocycles. The zero-order valence-corrected chi connectivity index (χ0v) is 16.7. The number of halogens is 4. The lowest BCUT2D eigenvalue weighted by Crippen LogP contribution is -1.89. The van der Waals surface area contributed by atoms with Crippen molar-refractivity contribution < 1.29 is 17.6 Å². The van der Waals surface area contributed by atoms with Crippen LogP contribution < -0.4 is 0 Å². The monoisotopic (exact) mass is 390 g/mol. The first-order valence-corrected chi connectivity index (χ1v) is 9.20. The molecule has 28 heavy (non-hydrogen) atoms. The zero-order valence-electron chi connectivity index (χ0n) is 16.7. The van der Waals surface area contributed by atoms with E-state index in [1.165, 1.54) is 24.6 Å². The molecule has 1 rings (SSSR count). The van der Waals surface area contributed by atoms with E-state index in [0.717, 1.165) is 24.1 Å². The first-order valence-electron chi connectivity index (χ1n) is 9.20. The highest BCUT2D eigenvalue weighted by molar-refractivity contribution is 5.50. The summed E-state index contributed by atoms with van der Waals surface area (Å²) < 4.78 is 54.9. The van der Waals surface area contributed by atoms with Crippen molar-refractivity contribution in [1.82, 2.24) is 0 Å². The van der Waals surface area contributed by atoms with E-state index in [1.807, 2.05) is 31.2 Å². The topological polar surface area (TPSA) is 0 Å². The molecule has 0 saturated carbocycles. The lowest BCUT2D eigenvalue weighted by molar-refractivity contribution is 0.503. The molecule has 0 bridgehead atoms. The summed E-state index contributed by atoms with van der Waals surface area (Å²) in [6.07, 6.45) is 16.8. The maximum Gasteiger partial charge on any atom is 0.194 e. The van der Waals surface area contributed by atoms with Crippen molar-refractivity contribution in [3.63, 3.8) is 0 Å². The van der Waals surface area contributed by atoms with Crippen molar-refractivity contribution in [2.24, 2.45) is 0 Å². The Bertz CT molecular complexity index is 838. The molecule has 0 unspecified atom stereocenters. The van der Waals surface area contributed by atoms with Gasteiger partial charge in [-0.25, -0.2) is 17.6 Å². The standard InChI is InChI=1S/C24H26F4/c1-5-17-10-9-11-20(13-12-17)19(7-3)16-23(27)18(6-2)14-15-22(26)24(28)21(25)8-4/h6-10,12-16H,5,11H2,1-4H3/b15-14+,18-6-,19-7+,21-8+,23-16+,24-22-. The van der Waals surface area contributed by atoms with Crippen LogP contribution in [0.25, 0.3) is 0 Å². The first kappa shape index (κ1) is 23.4. The lowest BCUT2D eigenvalue weighted by Gasteiger charge is -2.06. The molecule has 0 radical (unpaired) electrons. The third kappa shape index (κ3) is 6.84. The molecular formula is C24H26F4. The summed E-state index contributed by atoms with van der Waals surface area (Å²) in [6.45, 7) is 6.70. The second-order valence-electron chi connectivity index (χ2n) is 6.01. The summed E-state index contributed by atoms with van der Waals surface area (Å²) in [4.78, 5) is 0. The molecule has 0 spiro atoms. The molecule has 1 aliphatic rings. The SMILES string of the molecule is C/C=C(/C=C/C(F)=C(F)\C(F)=C/C)C(\F)=C/C(=C\C)C1=CC=C(CC)C=CC1. The fourth-order valence-corrected chi connectivity index (χ4v) is 2.49. The lowest BCUT2D eigenvalue weighted by atomic mass is 10.0. The fraction of sp³-hybridized carbons (Fsp3) is 0.250. The molecule has 0 amide bonds. The maximum absolute atomic E-state index is 14.7. The molecule has 150 valence electrons. The molecule has 0 aromatic rings. The van der Waals surface area contributed by atoms with Gasteiger partial charge < -0.3 is 0 Å². The average molecular weight is 390 g/mol. The molecule has 0 nitrogen and oxygen atoms in total. The van der Waals surface area contributed by atoms with Gasteiger partial charge in [-0.1, -0.05) is 43.4 Å². The first-order chi connectivity index (χ1) is 13.4. The van der Waals surface area contributed by atoms with Crippen LogP contribution in [0, 0.1) is 0 Å². The molecule has 0 fully saturated rings. The van der Waals surface area contributed by atoms with Crippen LogP contribution in [-0.2, 0) is 0 Å². The van der Waals surface area contributed by atoms with Crippen LogP contribution in [0.2, 0.25) is 0 Å². The normalized spacial score (nSPS) is 18.1. The van der Waals surface area contributed by atoms with Crippen molar-refractivity contribution >= 4 is 0 Å². The van der Waals surface area contributed by atoms with Gasteiger partial charge in [0, 0.05) is 5.57 Å². The van der Waals surface area contributed by atoms with Gasteiger partial charge in [-0.05, 0) is 74.6 Å². The molecule has 0 saturated heterocycles. The molecule has 0 heterocycles. The quantitative estimate of drug-likeness (QED) is 0.302. The van der Waals surface area contributed by atoms with Crippen molar-refractivity contribution in [2.45, 2.75) is 40.5 Å². The summed E-state index contributed by atoms with van der Waals surface area (Å²) in [5.74, 6) is -4.91. The second kappa shape index (κ2) is 12.0. The molecule has 0 aromatic heterocycles. The summed E-state index contributed by atoms with van der Waals surface area (Å²) in [7, 11) is 0. The molecule has 0 aliphatic heterocycles. The fourth-order valence-electron chi connectivity index (χ4n) is 2.49. The van der Waals surface area contributed by atoms with Crippen LogP contribution in [0.4, 0.5) is 17.6 Å². The van der Waals surface area contributed by atoms with Gasteiger partial charge in [0.25, 0.3) is 0 Å². The van der Waals surface area contributed by atoms with Crippen molar-refractivity contribution in [2.75, 3.05) is 0 Å². The number of rotatable bonds is 7. The molecule has 1 aliphatic carbocycles. The van der Waals surface area contributed by atoms with Gasteiger partial charge in [0.15, 0.2) is 17.5 Å². The van der Waals surface area contributed by atoms with Crippen molar-refractivity contribution in [3.8, 4) is 0 Å². The minimum atomic E-state index is -1.61. The number of allylic oxidation sites excluding steroid dienone is 18. The number of hydrogen-bond acceptors (Lipinski definition) is 0. The van der Waals surface area contributed by atoms with Gasteiger partial charge in [-0.3, -0.25) is 0 Å². The van der Waals surface area contributed by atoms with E-state index in [0.29, 0.717) is 18.1 Å². The Hall–Kier alpha value is -2.62. The maximum atomic E-state index is 14.7. The zero-order chi connectivity index (χ0) is 21.1. The van der Waals surface area contributed by atoms with Crippen molar-refractivity contribution in [1.29, 1.82) is 0 Å². The Kier molecular flexibility index (Phi) is 10.0. The highest BCUT2D eigenvalue weighted by atomic mass is 19.2. The third-order valence-corrected chi connectivity index (χ3v) is 4.21. The van der Waals surface area contributed by atoms with Crippen LogP contribution in [-0.4, -0.2) is 0 Å². The average Bonchev–Trinajstić information content (AvgIpc) is 2.96. The Balaban J connectivity index is 3.12. The van der Waals surface area contributed by atoms with Gasteiger partial charge in [-0.2, -0.15) is 0 Å². The van der Waals surface area contributed by atoms with Gasteiger partial charge >= 0.3 is 0 Å². The van der Waals surface area contributed by atoms with E-state index in [9.17, 15) is 17.6 Å². The minimum absolute atomic E-state index is 0.0674. The van der Waals surface area contributed by atoms with Gasteiger partial charge in [0.05, 0.1) is 0 Å². The summed E-state index contributed by atoms with van der Waals surface area (Å²) >= 11 is 0. The third-order valence-electron chi connectivity index (χ3n) is 4.21. The van der Waals surface area contributed by atoms with Crippen LogP contribution in [0.15, 0.2) is 106 Å². The van der Waals surface area contributed by atoms with E-state index >= 15 is 0 Å². The molecule has 0 N–H and O–H groups in total. The molecular weight excluding hydrogens is 364 g/mol. The summed E-state index contributed by atoms with van der Waals surface area (Å²) in [5, 5.41) is 0. The van der Waals surface area contributed by atoms with E-state index in [-0.39, 0.29) is 5.57 Å². The Morgan fingerprint density at radius 2 is 1.64 bits per heavy atom. The van der Waals surface area contributed by atoms with Gasteiger partial charge in [0.2, 0.25) is 0 Å². The predicted octanol–water partition coefficient (Wildman–Crippen LogP) is 8.54. The largest absolute Gasteiger partial charge is 0.206 e. The second-order valence-corrected chi connectivity index (χ2v) is 6.01. The van der Waals surface area contributed by atoms with E-state index in [1.54, 1.807) is 13.0 Å². The minimum Gasteiger partial charge on any atom is -0.206 e.